The molecule has 100 valence electrons. The molecule has 0 radical (unpaired) electrons. The summed E-state index contributed by atoms with van der Waals surface area (Å²) in [7, 11) is 0. The average Bonchev–Trinajstić information content (AvgIpc) is 2.82. The summed E-state index contributed by atoms with van der Waals surface area (Å²) in [6.45, 7) is 6.93. The molecule has 0 saturated carbocycles. The highest BCUT2D eigenvalue weighted by molar-refractivity contribution is 5.05. The molecule has 4 nitrogen and oxygen atoms in total. The van der Waals surface area contributed by atoms with E-state index in [-0.39, 0.29) is 0 Å². The van der Waals surface area contributed by atoms with Gasteiger partial charge in [-0.3, -0.25) is 4.90 Å². The Labute approximate surface area is 109 Å². The molecule has 1 aromatic rings. The van der Waals surface area contributed by atoms with E-state index in [0.29, 0.717) is 12.1 Å². The smallest absolute Gasteiger partial charge is 0.150 e. The van der Waals surface area contributed by atoms with E-state index in [1.165, 1.54) is 50.3 Å². The largest absolute Gasteiger partial charge is 0.314 e. The molecule has 0 aromatic carbocycles. The first-order valence-corrected chi connectivity index (χ1v) is 7.45. The Morgan fingerprint density at radius 2 is 1.89 bits per heavy atom. The van der Waals surface area contributed by atoms with Crippen LogP contribution in [0.25, 0.3) is 0 Å². The van der Waals surface area contributed by atoms with Crippen molar-refractivity contribution in [1.29, 1.82) is 0 Å². The van der Waals surface area contributed by atoms with Gasteiger partial charge in [0.2, 0.25) is 0 Å². The van der Waals surface area contributed by atoms with Crippen molar-refractivity contribution in [2.45, 2.75) is 71.0 Å². The minimum Gasteiger partial charge on any atom is -0.314 e. The van der Waals surface area contributed by atoms with Crippen LogP contribution in [0.3, 0.4) is 0 Å². The first kappa shape index (κ1) is 12.2. The maximum Gasteiger partial charge on any atom is 0.150 e. The summed E-state index contributed by atoms with van der Waals surface area (Å²) in [6, 6.07) is 1.10. The summed E-state index contributed by atoms with van der Waals surface area (Å²) in [5.41, 5.74) is 0. The first-order chi connectivity index (χ1) is 8.77. The fourth-order valence-corrected chi connectivity index (χ4v) is 3.43. The maximum absolute atomic E-state index is 4.53. The summed E-state index contributed by atoms with van der Waals surface area (Å²) in [4.78, 5) is 2.61. The van der Waals surface area contributed by atoms with Gasteiger partial charge in [-0.25, -0.2) is 0 Å². The normalized spacial score (nSPS) is 25.4. The standard InChI is InChI=1S/C14H24N4/c1-11(2)17-9-5-3-7-12(17)14-16-15-13-8-4-6-10-18(13)14/h11-12H,3-10H2,1-2H3. The number of hydrogen-bond acceptors (Lipinski definition) is 3. The molecule has 18 heavy (non-hydrogen) atoms. The van der Waals surface area contributed by atoms with Crippen LogP contribution in [0, 0.1) is 0 Å². The van der Waals surface area contributed by atoms with Crippen molar-refractivity contribution in [2.75, 3.05) is 6.54 Å². The second-order valence-corrected chi connectivity index (χ2v) is 5.93. The topological polar surface area (TPSA) is 34.0 Å². The van der Waals surface area contributed by atoms with Crippen molar-refractivity contribution >= 4 is 0 Å². The summed E-state index contributed by atoms with van der Waals surface area (Å²) in [5, 5.41) is 8.94. The molecule has 1 fully saturated rings. The Bertz CT molecular complexity index is 410. The van der Waals surface area contributed by atoms with Crippen LogP contribution >= 0.6 is 0 Å². The summed E-state index contributed by atoms with van der Waals surface area (Å²) in [5.74, 6) is 2.45. The number of piperidine rings is 1. The van der Waals surface area contributed by atoms with Crippen LogP contribution in [0.5, 0.6) is 0 Å². The van der Waals surface area contributed by atoms with Gasteiger partial charge < -0.3 is 4.57 Å². The fraction of sp³-hybridized carbons (Fsp3) is 0.857. The van der Waals surface area contributed by atoms with Crippen molar-refractivity contribution in [1.82, 2.24) is 19.7 Å². The van der Waals surface area contributed by atoms with E-state index >= 15 is 0 Å². The van der Waals surface area contributed by atoms with Crippen LogP contribution in [-0.4, -0.2) is 32.3 Å². The SMILES string of the molecule is CC(C)N1CCCCC1c1nnc2n1CCCC2. The Hall–Kier alpha value is -0.900. The molecule has 1 unspecified atom stereocenters. The number of aromatic nitrogens is 3. The van der Waals surface area contributed by atoms with E-state index in [2.05, 4.69) is 33.5 Å². The highest BCUT2D eigenvalue weighted by Gasteiger charge is 2.31. The molecule has 0 spiro atoms. The van der Waals surface area contributed by atoms with Crippen LogP contribution in [-0.2, 0) is 13.0 Å². The van der Waals surface area contributed by atoms with Gasteiger partial charge in [-0.2, -0.15) is 0 Å². The third-order valence-corrected chi connectivity index (χ3v) is 4.39. The highest BCUT2D eigenvalue weighted by Crippen LogP contribution is 2.32. The lowest BCUT2D eigenvalue weighted by atomic mass is 9.99. The molecular formula is C14H24N4. The van der Waals surface area contributed by atoms with Crippen molar-refractivity contribution in [3.05, 3.63) is 11.6 Å². The zero-order valence-corrected chi connectivity index (χ0v) is 11.6. The number of nitrogens with zero attached hydrogens (tertiary/aromatic N) is 4. The number of aryl methyl sites for hydroxylation is 1. The Balaban J connectivity index is 1.90. The van der Waals surface area contributed by atoms with Crippen LogP contribution in [0.15, 0.2) is 0 Å². The van der Waals surface area contributed by atoms with Crippen molar-refractivity contribution in [2.24, 2.45) is 0 Å². The molecule has 3 heterocycles. The minimum atomic E-state index is 0.498. The molecule has 1 saturated heterocycles. The molecule has 2 aliphatic rings. The van der Waals surface area contributed by atoms with E-state index in [1.54, 1.807) is 0 Å². The van der Waals surface area contributed by atoms with Gasteiger partial charge in [0.1, 0.15) is 11.6 Å². The summed E-state index contributed by atoms with van der Waals surface area (Å²) >= 11 is 0. The van der Waals surface area contributed by atoms with Gasteiger partial charge in [0.05, 0.1) is 6.04 Å². The van der Waals surface area contributed by atoms with Gasteiger partial charge in [0.25, 0.3) is 0 Å². The minimum absolute atomic E-state index is 0.498. The van der Waals surface area contributed by atoms with Gasteiger partial charge in [-0.15, -0.1) is 10.2 Å². The average molecular weight is 248 g/mol. The monoisotopic (exact) mass is 248 g/mol. The first-order valence-electron chi connectivity index (χ1n) is 7.45. The molecule has 4 heteroatoms. The second-order valence-electron chi connectivity index (χ2n) is 5.93. The van der Waals surface area contributed by atoms with Crippen molar-refractivity contribution < 1.29 is 0 Å². The molecular weight excluding hydrogens is 224 g/mol. The highest BCUT2D eigenvalue weighted by atomic mass is 15.3. The molecule has 0 aliphatic carbocycles. The van der Waals surface area contributed by atoms with Gasteiger partial charge in [0, 0.05) is 19.0 Å². The number of rotatable bonds is 2. The Morgan fingerprint density at radius 3 is 2.72 bits per heavy atom. The van der Waals surface area contributed by atoms with Crippen molar-refractivity contribution in [3.8, 4) is 0 Å². The van der Waals surface area contributed by atoms with E-state index in [4.69, 9.17) is 0 Å². The van der Waals surface area contributed by atoms with Gasteiger partial charge >= 0.3 is 0 Å². The molecule has 0 amide bonds. The number of fused-ring (bicyclic) bond motifs is 1. The Kier molecular flexibility index (Phi) is 3.37. The lowest BCUT2D eigenvalue weighted by Crippen LogP contribution is -2.40. The Morgan fingerprint density at radius 1 is 1.06 bits per heavy atom. The van der Waals surface area contributed by atoms with E-state index in [9.17, 15) is 0 Å². The third kappa shape index (κ3) is 2.07. The summed E-state index contributed by atoms with van der Waals surface area (Å²) < 4.78 is 2.40. The number of hydrogen-bond donors (Lipinski definition) is 0. The third-order valence-electron chi connectivity index (χ3n) is 4.39. The lowest BCUT2D eigenvalue weighted by Gasteiger charge is -2.38. The second kappa shape index (κ2) is 5.00. The van der Waals surface area contributed by atoms with Crippen LogP contribution in [0.2, 0.25) is 0 Å². The lowest BCUT2D eigenvalue weighted by molar-refractivity contribution is 0.103. The maximum atomic E-state index is 4.53. The predicted octanol–water partition coefficient (Wildman–Crippen LogP) is 2.55. The van der Waals surface area contributed by atoms with Crippen LogP contribution in [0.4, 0.5) is 0 Å². The van der Waals surface area contributed by atoms with E-state index in [1.807, 2.05) is 0 Å². The van der Waals surface area contributed by atoms with Gasteiger partial charge in [-0.1, -0.05) is 6.42 Å². The summed E-state index contributed by atoms with van der Waals surface area (Å²) in [6.07, 6.45) is 7.58. The fourth-order valence-electron chi connectivity index (χ4n) is 3.43. The predicted molar refractivity (Wildman–Crippen MR) is 71.4 cm³/mol. The number of likely N-dealkylation sites (tertiary alicyclic amines) is 1. The van der Waals surface area contributed by atoms with Gasteiger partial charge in [0.15, 0.2) is 0 Å². The zero-order chi connectivity index (χ0) is 12.5. The molecule has 1 aromatic heterocycles. The molecule has 2 aliphatic heterocycles. The molecule has 3 rings (SSSR count). The van der Waals surface area contributed by atoms with E-state index in [0.717, 1.165) is 13.0 Å². The van der Waals surface area contributed by atoms with Crippen LogP contribution < -0.4 is 0 Å². The van der Waals surface area contributed by atoms with Crippen molar-refractivity contribution in [3.63, 3.8) is 0 Å². The van der Waals surface area contributed by atoms with Gasteiger partial charge in [-0.05, 0) is 46.1 Å². The van der Waals surface area contributed by atoms with E-state index < -0.39 is 0 Å². The molecule has 0 N–H and O–H groups in total. The molecule has 1 atom stereocenters. The molecule has 0 bridgehead atoms. The quantitative estimate of drug-likeness (QED) is 0.806. The van der Waals surface area contributed by atoms with Crippen LogP contribution in [0.1, 0.15) is 63.6 Å². The zero-order valence-electron chi connectivity index (χ0n) is 11.6.